The minimum Gasteiger partial charge on any atom is -0.351 e. The third-order valence-corrected chi connectivity index (χ3v) is 5.73. The first-order valence-electron chi connectivity index (χ1n) is 7.49. The highest BCUT2D eigenvalue weighted by Crippen LogP contribution is 2.25. The van der Waals surface area contributed by atoms with Gasteiger partial charge in [-0.1, -0.05) is 6.92 Å². The second-order valence-corrected chi connectivity index (χ2v) is 7.33. The van der Waals surface area contributed by atoms with E-state index >= 15 is 0 Å². The Morgan fingerprint density at radius 1 is 1.25 bits per heavy atom. The number of hydrogen-bond acceptors (Lipinski definition) is 7. The highest BCUT2D eigenvalue weighted by Gasteiger charge is 2.18. The first-order valence-corrected chi connectivity index (χ1v) is 9.19. The topological polar surface area (TPSA) is 80.7 Å². The largest absolute Gasteiger partial charge is 0.351 e. The molecule has 8 heteroatoms. The van der Waals surface area contributed by atoms with Crippen LogP contribution in [-0.4, -0.2) is 32.4 Å². The van der Waals surface area contributed by atoms with Gasteiger partial charge in [-0.05, 0) is 19.9 Å². The van der Waals surface area contributed by atoms with Crippen LogP contribution in [0.4, 0.5) is 0 Å². The van der Waals surface area contributed by atoms with E-state index < -0.39 is 0 Å². The van der Waals surface area contributed by atoms with E-state index in [0.717, 1.165) is 10.7 Å². The summed E-state index contributed by atoms with van der Waals surface area (Å²) in [7, 11) is 0. The van der Waals surface area contributed by atoms with Crippen LogP contribution in [0.25, 0.3) is 10.8 Å². The number of amides is 1. The molecule has 6 nitrogen and oxygen atoms in total. The molecule has 0 saturated carbocycles. The van der Waals surface area contributed by atoms with Crippen LogP contribution >= 0.6 is 22.7 Å². The Morgan fingerprint density at radius 3 is 2.67 bits per heavy atom. The summed E-state index contributed by atoms with van der Waals surface area (Å²) in [5, 5.41) is 6.68. The van der Waals surface area contributed by atoms with Crippen molar-refractivity contribution in [2.45, 2.75) is 26.7 Å². The molecule has 0 radical (unpaired) electrons. The number of aryl methyl sites for hydroxylation is 2. The smallest absolute Gasteiger partial charge is 0.263 e. The van der Waals surface area contributed by atoms with Crippen molar-refractivity contribution in [1.82, 2.24) is 25.3 Å². The number of nitrogens with zero attached hydrogens (tertiary/aromatic N) is 4. The maximum atomic E-state index is 12.5. The van der Waals surface area contributed by atoms with Gasteiger partial charge in [0.25, 0.3) is 5.91 Å². The predicted molar refractivity (Wildman–Crippen MR) is 95.5 cm³/mol. The predicted octanol–water partition coefficient (Wildman–Crippen LogP) is 3.21. The third-order valence-electron chi connectivity index (χ3n) is 3.39. The monoisotopic (exact) mass is 359 g/mol. The molecule has 0 bridgehead atoms. The van der Waals surface area contributed by atoms with Crippen molar-refractivity contribution in [2.75, 3.05) is 6.54 Å². The molecule has 3 heterocycles. The number of nitrogens with one attached hydrogen (secondary N) is 1. The number of carbonyl (C=O) groups is 1. The normalized spacial score (nSPS) is 12.1. The van der Waals surface area contributed by atoms with Crippen LogP contribution in [0.1, 0.15) is 38.9 Å². The van der Waals surface area contributed by atoms with Crippen LogP contribution in [0.15, 0.2) is 23.8 Å². The Labute approximate surface area is 148 Å². The zero-order chi connectivity index (χ0) is 17.1. The number of thiazole rings is 2. The lowest BCUT2D eigenvalue weighted by Gasteiger charge is -2.09. The van der Waals surface area contributed by atoms with E-state index in [9.17, 15) is 4.79 Å². The van der Waals surface area contributed by atoms with E-state index in [4.69, 9.17) is 0 Å². The van der Waals surface area contributed by atoms with Crippen molar-refractivity contribution < 1.29 is 4.79 Å². The van der Waals surface area contributed by atoms with Gasteiger partial charge in [-0.15, -0.1) is 22.7 Å². The van der Waals surface area contributed by atoms with E-state index in [2.05, 4.69) is 32.2 Å². The fourth-order valence-corrected chi connectivity index (χ4v) is 3.91. The van der Waals surface area contributed by atoms with Crippen LogP contribution in [0.5, 0.6) is 0 Å². The lowest BCUT2D eigenvalue weighted by atomic mass is 10.2. The Balaban J connectivity index is 1.68. The van der Waals surface area contributed by atoms with Crippen molar-refractivity contribution in [3.63, 3.8) is 0 Å². The minimum atomic E-state index is -0.118. The van der Waals surface area contributed by atoms with Crippen molar-refractivity contribution in [2.24, 2.45) is 0 Å². The summed E-state index contributed by atoms with van der Waals surface area (Å²) in [4.78, 5) is 30.3. The summed E-state index contributed by atoms with van der Waals surface area (Å²) >= 11 is 2.93. The Hall–Kier alpha value is -2.19. The third kappa shape index (κ3) is 3.65. The average Bonchev–Trinajstić information content (AvgIpc) is 3.19. The van der Waals surface area contributed by atoms with Gasteiger partial charge in [0.1, 0.15) is 4.88 Å². The summed E-state index contributed by atoms with van der Waals surface area (Å²) in [6, 6.07) is 1.75. The molecule has 0 spiro atoms. The molecule has 0 fully saturated rings. The molecule has 0 aliphatic carbocycles. The van der Waals surface area contributed by atoms with E-state index in [1.54, 1.807) is 29.8 Å². The van der Waals surface area contributed by atoms with Crippen molar-refractivity contribution in [1.29, 1.82) is 0 Å². The quantitative estimate of drug-likeness (QED) is 0.756. The zero-order valence-electron chi connectivity index (χ0n) is 13.6. The molecule has 1 unspecified atom stereocenters. The molecular formula is C16H17N5OS2. The van der Waals surface area contributed by atoms with Crippen molar-refractivity contribution in [3.8, 4) is 10.8 Å². The molecule has 3 rings (SSSR count). The molecule has 0 aliphatic rings. The molecule has 0 aliphatic heterocycles. The highest BCUT2D eigenvalue weighted by atomic mass is 32.1. The molecule has 0 saturated heterocycles. The maximum Gasteiger partial charge on any atom is 0.263 e. The Kier molecular flexibility index (Phi) is 4.96. The number of carbonyl (C=O) groups excluding carboxylic acids is 1. The molecular weight excluding hydrogens is 342 g/mol. The van der Waals surface area contributed by atoms with Gasteiger partial charge in [-0.2, -0.15) is 0 Å². The summed E-state index contributed by atoms with van der Waals surface area (Å²) in [6.45, 7) is 6.40. The number of aromatic nitrogens is 4. The van der Waals surface area contributed by atoms with Gasteiger partial charge < -0.3 is 5.32 Å². The Morgan fingerprint density at radius 2 is 2.00 bits per heavy atom. The van der Waals surface area contributed by atoms with E-state index in [1.807, 2.05) is 19.2 Å². The molecule has 0 aromatic carbocycles. The molecule has 1 amide bonds. The maximum absolute atomic E-state index is 12.5. The SMILES string of the molecule is Cc1csc(C(C)CNC(=O)c2sc(-c3ncccn3)nc2C)n1. The van der Waals surface area contributed by atoms with Gasteiger partial charge >= 0.3 is 0 Å². The summed E-state index contributed by atoms with van der Waals surface area (Å²) in [5.41, 5.74) is 1.71. The second kappa shape index (κ2) is 7.14. The lowest BCUT2D eigenvalue weighted by molar-refractivity contribution is 0.0955. The van der Waals surface area contributed by atoms with Crippen LogP contribution < -0.4 is 5.32 Å². The molecule has 24 heavy (non-hydrogen) atoms. The first kappa shape index (κ1) is 16.7. The fraction of sp³-hybridized carbons (Fsp3) is 0.312. The first-order chi connectivity index (χ1) is 11.5. The van der Waals surface area contributed by atoms with Gasteiger partial charge in [0.2, 0.25) is 0 Å². The van der Waals surface area contributed by atoms with Gasteiger partial charge in [0.15, 0.2) is 10.8 Å². The van der Waals surface area contributed by atoms with Gasteiger partial charge in [0.05, 0.1) is 10.7 Å². The standard InChI is InChI=1S/C16H17N5OS2/c1-9(15-20-10(2)8-23-15)7-19-14(22)12-11(3)21-16(24-12)13-17-5-4-6-18-13/h4-6,8-9H,7H2,1-3H3,(H,19,22). The molecule has 124 valence electrons. The fourth-order valence-electron chi connectivity index (χ4n) is 2.12. The van der Waals surface area contributed by atoms with E-state index in [1.165, 1.54) is 11.3 Å². The molecule has 1 atom stereocenters. The van der Waals surface area contributed by atoms with Crippen molar-refractivity contribution >= 4 is 28.6 Å². The van der Waals surface area contributed by atoms with Crippen LogP contribution in [0.2, 0.25) is 0 Å². The highest BCUT2D eigenvalue weighted by molar-refractivity contribution is 7.17. The van der Waals surface area contributed by atoms with Crippen LogP contribution in [-0.2, 0) is 0 Å². The van der Waals surface area contributed by atoms with Crippen LogP contribution in [0.3, 0.4) is 0 Å². The molecule has 3 aromatic rings. The minimum absolute atomic E-state index is 0.118. The van der Waals surface area contributed by atoms with Gasteiger partial charge in [-0.3, -0.25) is 4.79 Å². The van der Waals surface area contributed by atoms with E-state index in [0.29, 0.717) is 27.9 Å². The van der Waals surface area contributed by atoms with Crippen LogP contribution in [0, 0.1) is 13.8 Å². The number of hydrogen-bond donors (Lipinski definition) is 1. The Bertz CT molecular complexity index is 843. The van der Waals surface area contributed by atoms with Gasteiger partial charge in [0, 0.05) is 35.9 Å². The molecule has 3 aromatic heterocycles. The summed E-state index contributed by atoms with van der Waals surface area (Å²) in [6.07, 6.45) is 3.33. The molecule has 1 N–H and O–H groups in total. The van der Waals surface area contributed by atoms with Crippen molar-refractivity contribution in [3.05, 3.63) is 45.1 Å². The van der Waals surface area contributed by atoms with Gasteiger partial charge in [-0.25, -0.2) is 19.9 Å². The zero-order valence-corrected chi connectivity index (χ0v) is 15.2. The summed E-state index contributed by atoms with van der Waals surface area (Å²) in [5.74, 6) is 0.599. The summed E-state index contributed by atoms with van der Waals surface area (Å²) < 4.78 is 0. The lowest BCUT2D eigenvalue weighted by Crippen LogP contribution is -2.27. The van der Waals surface area contributed by atoms with E-state index in [-0.39, 0.29) is 11.8 Å². The average molecular weight is 359 g/mol. The second-order valence-electron chi connectivity index (χ2n) is 5.44. The number of rotatable bonds is 5.